The van der Waals surface area contributed by atoms with Gasteiger partial charge in [0, 0.05) is 55.8 Å². The van der Waals surface area contributed by atoms with Crippen molar-refractivity contribution in [3.63, 3.8) is 0 Å². The zero-order valence-corrected chi connectivity index (χ0v) is 19.2. The first-order chi connectivity index (χ1) is 14.8. The fourth-order valence-electron chi connectivity index (χ4n) is 4.22. The van der Waals surface area contributed by atoms with Gasteiger partial charge in [0.15, 0.2) is 5.82 Å². The largest absolute Gasteiger partial charge is 0.354 e. The first kappa shape index (κ1) is 21.6. The van der Waals surface area contributed by atoms with Gasteiger partial charge in [0.05, 0.1) is 12.2 Å². The van der Waals surface area contributed by atoms with Gasteiger partial charge in [-0.2, -0.15) is 0 Å². The molecule has 3 heterocycles. The van der Waals surface area contributed by atoms with E-state index in [4.69, 9.17) is 9.97 Å². The third-order valence-corrected chi connectivity index (χ3v) is 5.96. The molecule has 0 aliphatic carbocycles. The minimum atomic E-state index is -0.260. The highest BCUT2D eigenvalue weighted by molar-refractivity contribution is 5.76. The minimum absolute atomic E-state index is 0.0213. The molecule has 1 aromatic heterocycles. The van der Waals surface area contributed by atoms with Gasteiger partial charge in [-0.05, 0) is 27.3 Å². The molecule has 4 rings (SSSR count). The lowest BCUT2D eigenvalue weighted by atomic mass is 10.0. The Morgan fingerprint density at radius 1 is 1.03 bits per heavy atom. The van der Waals surface area contributed by atoms with Crippen LogP contribution in [0.1, 0.15) is 39.0 Å². The van der Waals surface area contributed by atoms with E-state index in [1.807, 2.05) is 43.9 Å². The fourth-order valence-corrected chi connectivity index (χ4v) is 4.22. The van der Waals surface area contributed by atoms with E-state index in [1.54, 1.807) is 0 Å². The number of anilines is 1. The van der Waals surface area contributed by atoms with E-state index in [0.717, 1.165) is 67.6 Å². The predicted octanol–water partition coefficient (Wildman–Crippen LogP) is 3.15. The van der Waals surface area contributed by atoms with Crippen molar-refractivity contribution in [2.75, 3.05) is 44.2 Å². The molecule has 31 heavy (non-hydrogen) atoms. The number of carbonyl (C=O) groups excluding carboxylic acids is 1. The van der Waals surface area contributed by atoms with Crippen LogP contribution in [-0.2, 0) is 13.0 Å². The molecule has 1 N–H and O–H groups in total. The SMILES string of the molecule is CCN1CCN(c2nc(-c3ccccc3)nc3c2CN(C(=O)NC(C)(C)C)CC3)CC1. The van der Waals surface area contributed by atoms with Crippen LogP contribution >= 0.6 is 0 Å². The maximum Gasteiger partial charge on any atom is 0.318 e. The van der Waals surface area contributed by atoms with Crippen molar-refractivity contribution < 1.29 is 4.79 Å². The monoisotopic (exact) mass is 422 g/mol. The molecule has 0 unspecified atom stereocenters. The number of likely N-dealkylation sites (N-methyl/N-ethyl adjacent to an activating group) is 1. The van der Waals surface area contributed by atoms with Gasteiger partial charge in [-0.1, -0.05) is 37.3 Å². The van der Waals surface area contributed by atoms with Crippen molar-refractivity contribution in [3.05, 3.63) is 41.6 Å². The number of carbonyl (C=O) groups is 1. The third kappa shape index (κ3) is 4.98. The summed E-state index contributed by atoms with van der Waals surface area (Å²) in [5.41, 5.74) is 2.94. The highest BCUT2D eigenvalue weighted by Gasteiger charge is 2.30. The molecule has 0 bridgehead atoms. The first-order valence-corrected chi connectivity index (χ1v) is 11.3. The molecular formula is C24H34N6O. The Morgan fingerprint density at radius 3 is 2.39 bits per heavy atom. The van der Waals surface area contributed by atoms with Gasteiger partial charge in [-0.15, -0.1) is 0 Å². The number of nitrogens with one attached hydrogen (secondary N) is 1. The lowest BCUT2D eigenvalue weighted by molar-refractivity contribution is 0.182. The summed E-state index contributed by atoms with van der Waals surface area (Å²) in [6, 6.07) is 10.2. The number of hydrogen-bond donors (Lipinski definition) is 1. The fraction of sp³-hybridized carbons (Fsp3) is 0.542. The Morgan fingerprint density at radius 2 is 1.74 bits per heavy atom. The summed E-state index contributed by atoms with van der Waals surface area (Å²) < 4.78 is 0. The molecular weight excluding hydrogens is 388 g/mol. The molecule has 166 valence electrons. The van der Waals surface area contributed by atoms with Gasteiger partial charge in [0.2, 0.25) is 0 Å². The Bertz CT molecular complexity index is 916. The lowest BCUT2D eigenvalue weighted by Gasteiger charge is -2.38. The summed E-state index contributed by atoms with van der Waals surface area (Å²) in [4.78, 5) is 29.5. The number of urea groups is 1. The lowest BCUT2D eigenvalue weighted by Crippen LogP contribution is -2.50. The van der Waals surface area contributed by atoms with E-state index in [2.05, 4.69) is 34.2 Å². The summed E-state index contributed by atoms with van der Waals surface area (Å²) in [5.74, 6) is 1.77. The quantitative estimate of drug-likeness (QED) is 0.823. The number of amides is 2. The van der Waals surface area contributed by atoms with Crippen LogP contribution in [0.3, 0.4) is 0 Å². The molecule has 7 heteroatoms. The van der Waals surface area contributed by atoms with Gasteiger partial charge in [-0.3, -0.25) is 0 Å². The zero-order valence-electron chi connectivity index (χ0n) is 19.2. The molecule has 2 aliphatic heterocycles. The predicted molar refractivity (Wildman–Crippen MR) is 124 cm³/mol. The normalized spacial score (nSPS) is 17.4. The topological polar surface area (TPSA) is 64.6 Å². The molecule has 2 aromatic rings. The van der Waals surface area contributed by atoms with Crippen LogP contribution in [0.25, 0.3) is 11.4 Å². The summed E-state index contributed by atoms with van der Waals surface area (Å²) in [6.07, 6.45) is 0.747. The van der Waals surface area contributed by atoms with Crippen LogP contribution in [0.5, 0.6) is 0 Å². The average molecular weight is 423 g/mol. The third-order valence-electron chi connectivity index (χ3n) is 5.96. The van der Waals surface area contributed by atoms with Gasteiger partial charge in [0.1, 0.15) is 5.82 Å². The summed E-state index contributed by atoms with van der Waals surface area (Å²) in [5, 5.41) is 3.10. The summed E-state index contributed by atoms with van der Waals surface area (Å²) in [6.45, 7) is 14.5. The number of rotatable bonds is 3. The van der Waals surface area contributed by atoms with Crippen molar-refractivity contribution >= 4 is 11.8 Å². The van der Waals surface area contributed by atoms with Crippen LogP contribution in [0.2, 0.25) is 0 Å². The Balaban J connectivity index is 1.67. The Hall–Kier alpha value is -2.67. The van der Waals surface area contributed by atoms with E-state index in [1.165, 1.54) is 0 Å². The van der Waals surface area contributed by atoms with Crippen LogP contribution < -0.4 is 10.2 Å². The molecule has 2 amide bonds. The molecule has 0 radical (unpaired) electrons. The second-order valence-electron chi connectivity index (χ2n) is 9.44. The highest BCUT2D eigenvalue weighted by Crippen LogP contribution is 2.30. The van der Waals surface area contributed by atoms with E-state index in [0.29, 0.717) is 13.1 Å². The van der Waals surface area contributed by atoms with Crippen molar-refractivity contribution in [3.8, 4) is 11.4 Å². The van der Waals surface area contributed by atoms with Crippen molar-refractivity contribution in [2.45, 2.75) is 46.2 Å². The van der Waals surface area contributed by atoms with Crippen LogP contribution in [0.15, 0.2) is 30.3 Å². The number of aromatic nitrogens is 2. The zero-order chi connectivity index (χ0) is 22.0. The molecule has 1 aromatic carbocycles. The van der Waals surface area contributed by atoms with Gasteiger partial charge in [0.25, 0.3) is 0 Å². The molecule has 0 saturated carbocycles. The molecule has 7 nitrogen and oxygen atoms in total. The smallest absolute Gasteiger partial charge is 0.318 e. The second-order valence-corrected chi connectivity index (χ2v) is 9.44. The number of fused-ring (bicyclic) bond motifs is 1. The summed E-state index contributed by atoms with van der Waals surface area (Å²) >= 11 is 0. The summed E-state index contributed by atoms with van der Waals surface area (Å²) in [7, 11) is 0. The molecule has 1 saturated heterocycles. The number of hydrogen-bond acceptors (Lipinski definition) is 5. The van der Waals surface area contributed by atoms with E-state index in [-0.39, 0.29) is 11.6 Å². The standard InChI is InChI=1S/C24H34N6O/c1-5-28-13-15-29(16-14-28)22-19-17-30(23(31)27-24(2,3)4)12-11-20(19)25-21(26-22)18-9-7-6-8-10-18/h6-10H,5,11-17H2,1-4H3,(H,27,31). The maximum absolute atomic E-state index is 12.8. The number of benzene rings is 1. The van der Waals surface area contributed by atoms with Crippen LogP contribution in [0, 0.1) is 0 Å². The molecule has 2 aliphatic rings. The molecule has 0 atom stereocenters. The van der Waals surface area contributed by atoms with Crippen molar-refractivity contribution in [1.29, 1.82) is 0 Å². The van der Waals surface area contributed by atoms with E-state index in [9.17, 15) is 4.79 Å². The minimum Gasteiger partial charge on any atom is -0.354 e. The number of piperazine rings is 1. The van der Waals surface area contributed by atoms with Crippen molar-refractivity contribution in [2.24, 2.45) is 0 Å². The maximum atomic E-state index is 12.8. The Kier molecular flexibility index (Phi) is 6.14. The first-order valence-electron chi connectivity index (χ1n) is 11.3. The van der Waals surface area contributed by atoms with Gasteiger partial charge < -0.3 is 20.0 Å². The second kappa shape index (κ2) is 8.83. The van der Waals surface area contributed by atoms with Gasteiger partial charge in [-0.25, -0.2) is 14.8 Å². The molecule has 1 fully saturated rings. The van der Waals surface area contributed by atoms with Crippen molar-refractivity contribution in [1.82, 2.24) is 25.1 Å². The number of nitrogens with zero attached hydrogens (tertiary/aromatic N) is 5. The van der Waals surface area contributed by atoms with E-state index >= 15 is 0 Å². The van der Waals surface area contributed by atoms with Crippen LogP contribution in [-0.4, -0.2) is 70.6 Å². The van der Waals surface area contributed by atoms with Crippen LogP contribution in [0.4, 0.5) is 10.6 Å². The Labute approximate surface area is 185 Å². The average Bonchev–Trinajstić information content (AvgIpc) is 2.77. The highest BCUT2D eigenvalue weighted by atomic mass is 16.2. The van der Waals surface area contributed by atoms with E-state index < -0.39 is 0 Å². The molecule has 0 spiro atoms. The van der Waals surface area contributed by atoms with Gasteiger partial charge >= 0.3 is 6.03 Å².